The number of rotatable bonds is 2. The van der Waals surface area contributed by atoms with Crippen LogP contribution in [0.15, 0.2) is 18.2 Å². The van der Waals surface area contributed by atoms with Gasteiger partial charge in [0.15, 0.2) is 11.6 Å². The van der Waals surface area contributed by atoms with Crippen molar-refractivity contribution in [2.45, 2.75) is 24.2 Å². The fraction of sp³-hybridized carbons (Fsp3) is 0.455. The lowest BCUT2D eigenvalue weighted by Gasteiger charge is -2.47. The molecule has 0 aromatic heterocycles. The Morgan fingerprint density at radius 2 is 1.75 bits per heavy atom. The van der Waals surface area contributed by atoms with Crippen molar-refractivity contribution in [2.75, 3.05) is 6.54 Å². The summed E-state index contributed by atoms with van der Waals surface area (Å²) in [4.78, 5) is 0. The summed E-state index contributed by atoms with van der Waals surface area (Å²) in [5.41, 5.74) is 4.90. The Bertz CT molecular complexity index is 408. The second-order valence-electron chi connectivity index (χ2n) is 4.32. The molecule has 0 aliphatic heterocycles. The maximum absolute atomic E-state index is 13.0. The van der Waals surface area contributed by atoms with Crippen LogP contribution in [0.25, 0.3) is 0 Å². The lowest BCUT2D eigenvalue weighted by atomic mass is 9.62. The molecule has 1 aliphatic carbocycles. The highest BCUT2D eigenvalue weighted by atomic mass is 19.3. The van der Waals surface area contributed by atoms with Gasteiger partial charge in [-0.1, -0.05) is 6.07 Å². The normalized spacial score (nSPS) is 21.6. The van der Waals surface area contributed by atoms with E-state index in [2.05, 4.69) is 0 Å². The Hall–Kier alpha value is -1.10. The fourth-order valence-corrected chi connectivity index (χ4v) is 2.23. The molecule has 1 aliphatic rings. The maximum atomic E-state index is 13.0. The Morgan fingerprint density at radius 1 is 1.12 bits per heavy atom. The van der Waals surface area contributed by atoms with Crippen LogP contribution in [0.5, 0.6) is 0 Å². The summed E-state index contributed by atoms with van der Waals surface area (Å²) in [7, 11) is 0. The molecule has 0 radical (unpaired) electrons. The highest BCUT2D eigenvalue weighted by Gasteiger charge is 2.56. The molecule has 0 heterocycles. The summed E-state index contributed by atoms with van der Waals surface area (Å²) in [6, 6.07) is 3.22. The molecule has 1 saturated carbocycles. The van der Waals surface area contributed by atoms with E-state index in [4.69, 9.17) is 5.73 Å². The monoisotopic (exact) mass is 233 g/mol. The van der Waals surface area contributed by atoms with E-state index in [-0.39, 0.29) is 6.54 Å². The van der Waals surface area contributed by atoms with Crippen LogP contribution in [-0.2, 0) is 5.41 Å². The first kappa shape index (κ1) is 11.4. The summed E-state index contributed by atoms with van der Waals surface area (Å²) in [5.74, 6) is -4.76. The highest BCUT2D eigenvalue weighted by molar-refractivity contribution is 5.32. The van der Waals surface area contributed by atoms with Gasteiger partial charge in [0.05, 0.1) is 0 Å². The molecule has 1 aromatic carbocycles. The van der Waals surface area contributed by atoms with Crippen molar-refractivity contribution in [1.82, 2.24) is 0 Å². The summed E-state index contributed by atoms with van der Waals surface area (Å²) < 4.78 is 51.4. The Labute approximate surface area is 90.3 Å². The summed E-state index contributed by atoms with van der Waals surface area (Å²) in [6.45, 7) is 0.00760. The molecule has 0 spiro atoms. The van der Waals surface area contributed by atoms with Crippen LogP contribution < -0.4 is 5.73 Å². The van der Waals surface area contributed by atoms with Crippen molar-refractivity contribution >= 4 is 0 Å². The van der Waals surface area contributed by atoms with E-state index in [1.807, 2.05) is 0 Å². The van der Waals surface area contributed by atoms with Gasteiger partial charge in [-0.3, -0.25) is 0 Å². The molecule has 16 heavy (non-hydrogen) atoms. The molecular formula is C11H11F4N. The number of alkyl halides is 2. The third-order valence-corrected chi connectivity index (χ3v) is 3.12. The predicted molar refractivity (Wildman–Crippen MR) is 51.3 cm³/mol. The smallest absolute Gasteiger partial charge is 0.250 e. The maximum Gasteiger partial charge on any atom is 0.250 e. The van der Waals surface area contributed by atoms with Crippen LogP contribution in [0, 0.1) is 11.6 Å². The molecule has 2 rings (SSSR count). The Morgan fingerprint density at radius 3 is 2.19 bits per heavy atom. The van der Waals surface area contributed by atoms with Crippen molar-refractivity contribution in [2.24, 2.45) is 5.73 Å². The average molecular weight is 233 g/mol. The van der Waals surface area contributed by atoms with Gasteiger partial charge in [0.25, 0.3) is 0 Å². The zero-order valence-electron chi connectivity index (χ0n) is 8.44. The molecule has 1 aromatic rings. The van der Waals surface area contributed by atoms with Gasteiger partial charge in [-0.05, 0) is 17.7 Å². The molecule has 0 atom stereocenters. The molecule has 5 heteroatoms. The fourth-order valence-electron chi connectivity index (χ4n) is 2.23. The first-order valence-electron chi connectivity index (χ1n) is 4.92. The number of benzene rings is 1. The Balaban J connectivity index is 2.32. The first-order valence-corrected chi connectivity index (χ1v) is 4.92. The number of halogens is 4. The van der Waals surface area contributed by atoms with Crippen LogP contribution in [-0.4, -0.2) is 12.5 Å². The molecule has 2 N–H and O–H groups in total. The molecule has 0 saturated heterocycles. The Kier molecular flexibility index (Phi) is 2.45. The minimum Gasteiger partial charge on any atom is -0.330 e. The van der Waals surface area contributed by atoms with E-state index in [1.165, 1.54) is 6.07 Å². The van der Waals surface area contributed by atoms with Gasteiger partial charge in [0, 0.05) is 24.8 Å². The molecule has 0 amide bonds. The largest absolute Gasteiger partial charge is 0.330 e. The van der Waals surface area contributed by atoms with Crippen molar-refractivity contribution in [3.8, 4) is 0 Å². The summed E-state index contributed by atoms with van der Waals surface area (Å²) >= 11 is 0. The minimum absolute atomic E-state index is 0.00760. The van der Waals surface area contributed by atoms with Crippen LogP contribution in [0.2, 0.25) is 0 Å². The van der Waals surface area contributed by atoms with Crippen molar-refractivity contribution in [1.29, 1.82) is 0 Å². The number of hydrogen-bond acceptors (Lipinski definition) is 1. The summed E-state index contributed by atoms with van der Waals surface area (Å²) in [5, 5.41) is 0. The van der Waals surface area contributed by atoms with E-state index in [1.54, 1.807) is 0 Å². The molecule has 1 fully saturated rings. The third kappa shape index (κ3) is 1.69. The first-order chi connectivity index (χ1) is 7.38. The zero-order chi connectivity index (χ0) is 12.0. The lowest BCUT2D eigenvalue weighted by Crippen LogP contribution is -2.53. The van der Waals surface area contributed by atoms with E-state index in [9.17, 15) is 17.6 Å². The van der Waals surface area contributed by atoms with Crippen LogP contribution >= 0.6 is 0 Å². The third-order valence-electron chi connectivity index (χ3n) is 3.12. The number of nitrogens with two attached hydrogens (primary N) is 1. The average Bonchev–Trinajstić information content (AvgIpc) is 2.18. The molecule has 0 bridgehead atoms. The lowest BCUT2D eigenvalue weighted by molar-refractivity contribution is -0.123. The van der Waals surface area contributed by atoms with Gasteiger partial charge in [-0.25, -0.2) is 17.6 Å². The minimum atomic E-state index is -2.75. The van der Waals surface area contributed by atoms with Crippen LogP contribution in [0.1, 0.15) is 18.4 Å². The number of hydrogen-bond donors (Lipinski definition) is 1. The predicted octanol–water partition coefficient (Wildman–Crippen LogP) is 2.59. The van der Waals surface area contributed by atoms with Gasteiger partial charge in [-0.15, -0.1) is 0 Å². The quantitative estimate of drug-likeness (QED) is 0.780. The van der Waals surface area contributed by atoms with Gasteiger partial charge >= 0.3 is 0 Å². The SMILES string of the molecule is NCC1(c2ccc(F)c(F)c2)CC(F)(F)C1. The van der Waals surface area contributed by atoms with Crippen molar-refractivity contribution in [3.05, 3.63) is 35.4 Å². The topological polar surface area (TPSA) is 26.0 Å². The van der Waals surface area contributed by atoms with E-state index in [0.717, 1.165) is 12.1 Å². The second kappa shape index (κ2) is 3.45. The van der Waals surface area contributed by atoms with Gasteiger partial charge in [0.1, 0.15) is 0 Å². The molecule has 1 nitrogen and oxygen atoms in total. The molecule has 0 unspecified atom stereocenters. The highest BCUT2D eigenvalue weighted by Crippen LogP contribution is 2.52. The molecule has 88 valence electrons. The van der Waals surface area contributed by atoms with E-state index < -0.39 is 35.8 Å². The van der Waals surface area contributed by atoms with Crippen LogP contribution in [0.4, 0.5) is 17.6 Å². The standard InChI is InChI=1S/C11H11F4N/c12-8-2-1-7(3-9(8)13)10(6-16)4-11(14,15)5-10/h1-3H,4-6,16H2. The molecular weight excluding hydrogens is 222 g/mol. The van der Waals surface area contributed by atoms with E-state index in [0.29, 0.717) is 5.56 Å². The van der Waals surface area contributed by atoms with Crippen molar-refractivity contribution in [3.63, 3.8) is 0 Å². The second-order valence-corrected chi connectivity index (χ2v) is 4.32. The van der Waals surface area contributed by atoms with Gasteiger partial charge < -0.3 is 5.73 Å². The summed E-state index contributed by atoms with van der Waals surface area (Å²) in [6.07, 6.45) is -0.802. The van der Waals surface area contributed by atoms with Crippen LogP contribution in [0.3, 0.4) is 0 Å². The van der Waals surface area contributed by atoms with E-state index >= 15 is 0 Å². The van der Waals surface area contributed by atoms with Crippen molar-refractivity contribution < 1.29 is 17.6 Å². The zero-order valence-corrected chi connectivity index (χ0v) is 8.44. The van der Waals surface area contributed by atoms with Gasteiger partial charge in [-0.2, -0.15) is 0 Å². The van der Waals surface area contributed by atoms with Gasteiger partial charge in [0.2, 0.25) is 5.92 Å².